The maximum absolute atomic E-state index is 11.7. The first-order valence-electron chi connectivity index (χ1n) is 11.0. The van der Waals surface area contributed by atoms with Gasteiger partial charge in [0.1, 0.15) is 11.6 Å². The van der Waals surface area contributed by atoms with Crippen molar-refractivity contribution >= 4 is 0 Å². The number of nitrogens with zero attached hydrogens (tertiary/aromatic N) is 4. The van der Waals surface area contributed by atoms with Crippen LogP contribution in [-0.2, 0) is 25.9 Å². The first-order valence-corrected chi connectivity index (χ1v) is 11.0. The topological polar surface area (TPSA) is 101 Å². The molecule has 0 spiro atoms. The Morgan fingerprint density at radius 2 is 0.929 bits per heavy atom. The van der Waals surface area contributed by atoms with Gasteiger partial charge >= 0.3 is 11.4 Å². The maximum Gasteiger partial charge on any atom is 0.343 e. The summed E-state index contributed by atoms with van der Waals surface area (Å²) >= 11 is 0. The Bertz CT molecular complexity index is 719. The Balaban J connectivity index is 1.43. The van der Waals surface area contributed by atoms with Crippen molar-refractivity contribution in [2.45, 2.75) is 104 Å². The minimum atomic E-state index is -0.0830. The summed E-state index contributed by atoms with van der Waals surface area (Å²) in [4.78, 5) is 23.3. The molecule has 2 rings (SSSR count). The van der Waals surface area contributed by atoms with Gasteiger partial charge in [-0.3, -0.25) is 9.13 Å². The Morgan fingerprint density at radius 3 is 1.25 bits per heavy atom. The van der Waals surface area contributed by atoms with Crippen molar-refractivity contribution in [1.82, 2.24) is 29.5 Å². The number of unbranched alkanes of at least 4 members (excludes halogenated alkanes) is 9. The summed E-state index contributed by atoms with van der Waals surface area (Å²) < 4.78 is 3.53. The number of nitrogens with one attached hydrogen (secondary N) is 2. The van der Waals surface area contributed by atoms with Crippen LogP contribution in [-0.4, -0.2) is 29.5 Å². The van der Waals surface area contributed by atoms with E-state index in [0.717, 1.165) is 50.4 Å². The summed E-state index contributed by atoms with van der Waals surface area (Å²) in [6, 6.07) is 0. The molecule has 0 saturated carbocycles. The number of aromatic amines is 2. The lowest BCUT2D eigenvalue weighted by molar-refractivity contribution is 0.511. The summed E-state index contributed by atoms with van der Waals surface area (Å²) in [5.74, 6) is 1.71. The van der Waals surface area contributed by atoms with E-state index in [0.29, 0.717) is 0 Å². The van der Waals surface area contributed by atoms with Crippen LogP contribution in [0.3, 0.4) is 0 Å². The van der Waals surface area contributed by atoms with Crippen molar-refractivity contribution in [3.05, 3.63) is 32.6 Å². The van der Waals surface area contributed by atoms with Crippen molar-refractivity contribution in [3.63, 3.8) is 0 Å². The molecule has 8 nitrogen and oxygen atoms in total. The molecule has 0 saturated heterocycles. The molecule has 0 aliphatic rings. The van der Waals surface area contributed by atoms with Gasteiger partial charge in [0.15, 0.2) is 0 Å². The third-order valence-corrected chi connectivity index (χ3v) is 5.32. The molecule has 0 atom stereocenters. The van der Waals surface area contributed by atoms with Crippen LogP contribution in [0.4, 0.5) is 0 Å². The van der Waals surface area contributed by atoms with E-state index >= 15 is 0 Å². The average Bonchev–Trinajstić information content (AvgIpc) is 3.24. The fourth-order valence-electron chi connectivity index (χ4n) is 3.66. The van der Waals surface area contributed by atoms with Gasteiger partial charge in [-0.15, -0.1) is 0 Å². The van der Waals surface area contributed by atoms with Gasteiger partial charge in [-0.2, -0.15) is 10.2 Å². The van der Waals surface area contributed by atoms with E-state index in [1.54, 1.807) is 9.13 Å². The van der Waals surface area contributed by atoms with Gasteiger partial charge in [0.2, 0.25) is 0 Å². The van der Waals surface area contributed by atoms with Gasteiger partial charge in [0.05, 0.1) is 0 Å². The second-order valence-corrected chi connectivity index (χ2v) is 7.44. The Hall–Kier alpha value is -2.12. The first-order chi connectivity index (χ1) is 13.7. The fraction of sp³-hybridized carbons (Fsp3) is 0.800. The molecule has 2 aromatic rings. The van der Waals surface area contributed by atoms with Gasteiger partial charge in [-0.1, -0.05) is 65.2 Å². The largest absolute Gasteiger partial charge is 0.343 e. The Labute approximate surface area is 166 Å². The SMILES string of the molecule is CCc1n[nH]c(=O)n1CCCCCCCCCCCCn1c(CC)n[nH]c1=O. The Morgan fingerprint density at radius 1 is 0.607 bits per heavy atom. The molecular weight excluding hydrogens is 356 g/mol. The highest BCUT2D eigenvalue weighted by molar-refractivity contribution is 4.85. The summed E-state index contributed by atoms with van der Waals surface area (Å²) in [6.45, 7) is 5.59. The van der Waals surface area contributed by atoms with E-state index in [2.05, 4.69) is 20.4 Å². The summed E-state index contributed by atoms with van der Waals surface area (Å²) in [5.41, 5.74) is -0.166. The van der Waals surface area contributed by atoms with Crippen LogP contribution in [0.5, 0.6) is 0 Å². The molecule has 2 aromatic heterocycles. The van der Waals surface area contributed by atoms with Crippen LogP contribution >= 0.6 is 0 Å². The third-order valence-electron chi connectivity index (χ3n) is 5.32. The molecule has 2 heterocycles. The highest BCUT2D eigenvalue weighted by atomic mass is 16.2. The number of aromatic nitrogens is 6. The van der Waals surface area contributed by atoms with Crippen molar-refractivity contribution in [2.75, 3.05) is 0 Å². The van der Waals surface area contributed by atoms with Crippen LogP contribution in [0.25, 0.3) is 0 Å². The molecule has 0 fully saturated rings. The molecule has 2 N–H and O–H groups in total. The predicted molar refractivity (Wildman–Crippen MR) is 111 cm³/mol. The van der Waals surface area contributed by atoms with E-state index in [1.165, 1.54) is 51.4 Å². The monoisotopic (exact) mass is 392 g/mol. The van der Waals surface area contributed by atoms with Crippen molar-refractivity contribution < 1.29 is 0 Å². The second-order valence-electron chi connectivity index (χ2n) is 7.44. The molecule has 28 heavy (non-hydrogen) atoms. The third kappa shape index (κ3) is 6.80. The van der Waals surface area contributed by atoms with E-state index in [-0.39, 0.29) is 11.4 Å². The lowest BCUT2D eigenvalue weighted by Crippen LogP contribution is -2.18. The minimum absolute atomic E-state index is 0.0830. The highest BCUT2D eigenvalue weighted by Gasteiger charge is 2.06. The number of hydrogen-bond donors (Lipinski definition) is 2. The average molecular weight is 393 g/mol. The highest BCUT2D eigenvalue weighted by Crippen LogP contribution is 2.11. The van der Waals surface area contributed by atoms with Crippen LogP contribution < -0.4 is 11.4 Å². The zero-order valence-corrected chi connectivity index (χ0v) is 17.5. The Kier molecular flexibility index (Phi) is 9.79. The number of H-pyrrole nitrogens is 2. The van der Waals surface area contributed by atoms with Crippen molar-refractivity contribution in [1.29, 1.82) is 0 Å². The van der Waals surface area contributed by atoms with Gasteiger partial charge in [0, 0.05) is 25.9 Å². The number of rotatable bonds is 15. The molecule has 0 aliphatic carbocycles. The first kappa shape index (κ1) is 22.2. The fourth-order valence-corrected chi connectivity index (χ4v) is 3.66. The molecule has 8 heteroatoms. The minimum Gasteiger partial charge on any atom is -0.279 e. The lowest BCUT2D eigenvalue weighted by Gasteiger charge is -2.05. The molecule has 0 aliphatic heterocycles. The van der Waals surface area contributed by atoms with Gasteiger partial charge in [-0.25, -0.2) is 19.8 Å². The van der Waals surface area contributed by atoms with E-state index in [9.17, 15) is 9.59 Å². The summed E-state index contributed by atoms with van der Waals surface area (Å²) in [7, 11) is 0. The maximum atomic E-state index is 11.7. The van der Waals surface area contributed by atoms with Crippen LogP contribution in [0.15, 0.2) is 9.59 Å². The van der Waals surface area contributed by atoms with E-state index in [4.69, 9.17) is 0 Å². The second kappa shape index (κ2) is 12.4. The normalized spacial score (nSPS) is 11.4. The molecule has 0 bridgehead atoms. The van der Waals surface area contributed by atoms with Crippen molar-refractivity contribution in [2.24, 2.45) is 0 Å². The van der Waals surface area contributed by atoms with E-state index in [1.807, 2.05) is 13.8 Å². The summed E-state index contributed by atoms with van der Waals surface area (Å²) in [6.07, 6.45) is 13.6. The zero-order valence-electron chi connectivity index (χ0n) is 17.5. The van der Waals surface area contributed by atoms with Gasteiger partial charge in [0.25, 0.3) is 0 Å². The zero-order chi connectivity index (χ0) is 20.2. The molecule has 158 valence electrons. The molecule has 0 amide bonds. The lowest BCUT2D eigenvalue weighted by atomic mass is 10.1. The van der Waals surface area contributed by atoms with Crippen LogP contribution in [0.1, 0.15) is 89.7 Å². The van der Waals surface area contributed by atoms with Gasteiger partial charge in [-0.05, 0) is 12.8 Å². The quantitative estimate of drug-likeness (QED) is 0.454. The number of aryl methyl sites for hydroxylation is 2. The molecular formula is C20H36N6O2. The summed E-state index contributed by atoms with van der Waals surface area (Å²) in [5, 5.41) is 13.1. The molecule has 0 aromatic carbocycles. The molecule has 0 radical (unpaired) electrons. The van der Waals surface area contributed by atoms with Crippen molar-refractivity contribution in [3.8, 4) is 0 Å². The van der Waals surface area contributed by atoms with Crippen LogP contribution in [0.2, 0.25) is 0 Å². The van der Waals surface area contributed by atoms with Crippen LogP contribution in [0, 0.1) is 0 Å². The standard InChI is InChI=1S/C20H36N6O2/c1-3-17-21-23-19(27)25(17)15-13-11-9-7-5-6-8-10-12-14-16-26-18(4-2)22-24-20(26)28/h3-16H2,1-2H3,(H,23,27)(H,24,28). The number of hydrogen-bond acceptors (Lipinski definition) is 4. The van der Waals surface area contributed by atoms with Gasteiger partial charge < -0.3 is 0 Å². The van der Waals surface area contributed by atoms with E-state index < -0.39 is 0 Å². The smallest absolute Gasteiger partial charge is 0.279 e. The predicted octanol–water partition coefficient (Wildman–Crippen LogP) is 3.18. The molecule has 0 unspecified atom stereocenters.